The van der Waals surface area contributed by atoms with Crippen molar-refractivity contribution in [2.75, 3.05) is 12.9 Å². The number of rotatable bonds is 7. The summed E-state index contributed by atoms with van der Waals surface area (Å²) in [4.78, 5) is 46.2. The summed E-state index contributed by atoms with van der Waals surface area (Å²) >= 11 is 1.57. The van der Waals surface area contributed by atoms with Gasteiger partial charge in [0.05, 0.1) is 6.42 Å². The molecule has 1 aromatic rings. The minimum absolute atomic E-state index is 0.00473. The summed E-state index contributed by atoms with van der Waals surface area (Å²) in [5, 5.41) is 0. The standard InChI is InChI=1S/C15H18N2O5S/c1-10(18)16-17-14(20)9-22-15(21)8-7-13(19)11-3-5-12(23-2)6-4-11/h3-6H,7-9H2,1-2H3,(H,16,18)(H,17,20). The third-order valence-corrected chi connectivity index (χ3v) is 3.45. The predicted octanol–water partition coefficient (Wildman–Crippen LogP) is 1.08. The molecule has 0 aliphatic rings. The van der Waals surface area contributed by atoms with Crippen molar-refractivity contribution >= 4 is 35.3 Å². The Kier molecular flexibility index (Phi) is 7.82. The molecule has 0 saturated carbocycles. The number of carbonyl (C=O) groups excluding carboxylic acids is 4. The lowest BCUT2D eigenvalue weighted by Gasteiger charge is -2.06. The monoisotopic (exact) mass is 338 g/mol. The molecular weight excluding hydrogens is 320 g/mol. The van der Waals surface area contributed by atoms with Crippen LogP contribution in [0, 0.1) is 0 Å². The molecule has 0 spiro atoms. The van der Waals surface area contributed by atoms with Gasteiger partial charge in [-0.15, -0.1) is 11.8 Å². The van der Waals surface area contributed by atoms with Crippen molar-refractivity contribution < 1.29 is 23.9 Å². The van der Waals surface area contributed by atoms with E-state index in [2.05, 4.69) is 10.9 Å². The number of ketones is 1. The van der Waals surface area contributed by atoms with Gasteiger partial charge in [0.1, 0.15) is 0 Å². The number of benzene rings is 1. The third-order valence-electron chi connectivity index (χ3n) is 2.71. The van der Waals surface area contributed by atoms with Crippen LogP contribution in [0.15, 0.2) is 29.2 Å². The smallest absolute Gasteiger partial charge is 0.306 e. The Morgan fingerprint density at radius 1 is 1.04 bits per heavy atom. The highest BCUT2D eigenvalue weighted by molar-refractivity contribution is 7.98. The summed E-state index contributed by atoms with van der Waals surface area (Å²) in [7, 11) is 0. The van der Waals surface area contributed by atoms with Crippen LogP contribution < -0.4 is 10.9 Å². The van der Waals surface area contributed by atoms with Crippen LogP contribution in [0.2, 0.25) is 0 Å². The number of esters is 1. The van der Waals surface area contributed by atoms with E-state index in [0.717, 1.165) is 4.90 Å². The first-order valence-corrected chi connectivity index (χ1v) is 8.03. The van der Waals surface area contributed by atoms with Crippen molar-refractivity contribution in [2.45, 2.75) is 24.7 Å². The van der Waals surface area contributed by atoms with Crippen LogP contribution in [0.5, 0.6) is 0 Å². The van der Waals surface area contributed by atoms with Gasteiger partial charge in [0, 0.05) is 23.8 Å². The number of hydrogen-bond donors (Lipinski definition) is 2. The summed E-state index contributed by atoms with van der Waals surface area (Å²) in [6.45, 7) is 0.708. The highest BCUT2D eigenvalue weighted by atomic mass is 32.2. The fourth-order valence-electron chi connectivity index (χ4n) is 1.55. The topological polar surface area (TPSA) is 102 Å². The van der Waals surface area contributed by atoms with Gasteiger partial charge in [-0.2, -0.15) is 0 Å². The van der Waals surface area contributed by atoms with Gasteiger partial charge in [-0.1, -0.05) is 12.1 Å². The molecule has 0 fully saturated rings. The van der Waals surface area contributed by atoms with Gasteiger partial charge < -0.3 is 4.74 Å². The highest BCUT2D eigenvalue weighted by Crippen LogP contribution is 2.16. The molecule has 0 aliphatic carbocycles. The van der Waals surface area contributed by atoms with E-state index >= 15 is 0 Å². The molecule has 0 heterocycles. The number of thioether (sulfide) groups is 1. The van der Waals surface area contributed by atoms with E-state index in [1.54, 1.807) is 23.9 Å². The molecule has 0 bridgehead atoms. The Labute approximate surface area is 138 Å². The van der Waals surface area contributed by atoms with Crippen LogP contribution in [0.4, 0.5) is 0 Å². The quantitative estimate of drug-likeness (QED) is 0.334. The SMILES string of the molecule is CSc1ccc(C(=O)CCC(=O)OCC(=O)NNC(C)=O)cc1. The first kappa shape index (κ1) is 18.7. The minimum atomic E-state index is -0.660. The van der Waals surface area contributed by atoms with E-state index in [9.17, 15) is 19.2 Å². The molecule has 0 radical (unpaired) electrons. The van der Waals surface area contributed by atoms with Gasteiger partial charge in [-0.3, -0.25) is 30.0 Å². The first-order valence-electron chi connectivity index (χ1n) is 6.80. The molecule has 0 saturated heterocycles. The lowest BCUT2D eigenvalue weighted by molar-refractivity contribution is -0.148. The van der Waals surface area contributed by atoms with Crippen molar-refractivity contribution in [3.63, 3.8) is 0 Å². The highest BCUT2D eigenvalue weighted by Gasteiger charge is 2.12. The molecule has 23 heavy (non-hydrogen) atoms. The Morgan fingerprint density at radius 2 is 1.70 bits per heavy atom. The van der Waals surface area contributed by atoms with Gasteiger partial charge in [-0.05, 0) is 18.4 Å². The van der Waals surface area contributed by atoms with Crippen LogP contribution in [0.3, 0.4) is 0 Å². The zero-order valence-corrected chi connectivity index (χ0v) is 13.7. The van der Waals surface area contributed by atoms with Gasteiger partial charge in [-0.25, -0.2) is 0 Å². The average molecular weight is 338 g/mol. The predicted molar refractivity (Wildman–Crippen MR) is 84.7 cm³/mol. The van der Waals surface area contributed by atoms with Gasteiger partial charge in [0.15, 0.2) is 12.4 Å². The van der Waals surface area contributed by atoms with Crippen LogP contribution in [0.25, 0.3) is 0 Å². The average Bonchev–Trinajstić information content (AvgIpc) is 2.55. The molecular formula is C15H18N2O5S. The zero-order valence-electron chi connectivity index (χ0n) is 12.9. The number of ether oxygens (including phenoxy) is 1. The Balaban J connectivity index is 2.30. The van der Waals surface area contributed by atoms with Crippen LogP contribution in [-0.4, -0.2) is 36.4 Å². The number of hydrogen-bond acceptors (Lipinski definition) is 6. The lowest BCUT2D eigenvalue weighted by Crippen LogP contribution is -2.42. The van der Waals surface area contributed by atoms with Crippen molar-refractivity contribution in [1.82, 2.24) is 10.9 Å². The van der Waals surface area contributed by atoms with Gasteiger partial charge >= 0.3 is 5.97 Å². The molecule has 124 valence electrons. The molecule has 0 aliphatic heterocycles. The van der Waals surface area contributed by atoms with E-state index in [1.807, 2.05) is 18.4 Å². The maximum absolute atomic E-state index is 11.9. The fourth-order valence-corrected chi connectivity index (χ4v) is 1.96. The molecule has 0 unspecified atom stereocenters. The summed E-state index contributed by atoms with van der Waals surface area (Å²) in [5.41, 5.74) is 4.65. The number of nitrogens with one attached hydrogen (secondary N) is 2. The third kappa shape index (κ3) is 7.46. The normalized spacial score (nSPS) is 9.83. The molecule has 0 aromatic heterocycles. The number of amides is 2. The lowest BCUT2D eigenvalue weighted by atomic mass is 10.1. The molecule has 2 amide bonds. The summed E-state index contributed by atoms with van der Waals surface area (Å²) in [5.74, 6) is -1.93. The number of hydrazine groups is 1. The maximum Gasteiger partial charge on any atom is 0.306 e. The summed E-state index contributed by atoms with van der Waals surface area (Å²) in [6.07, 6.45) is 1.83. The molecule has 8 heteroatoms. The van der Waals surface area contributed by atoms with E-state index in [0.29, 0.717) is 5.56 Å². The van der Waals surface area contributed by atoms with Crippen molar-refractivity contribution in [2.24, 2.45) is 0 Å². The molecule has 7 nitrogen and oxygen atoms in total. The Morgan fingerprint density at radius 3 is 2.26 bits per heavy atom. The fraction of sp³-hybridized carbons (Fsp3) is 0.333. The summed E-state index contributed by atoms with van der Waals surface area (Å²) < 4.78 is 4.70. The molecule has 0 atom stereocenters. The summed E-state index contributed by atoms with van der Waals surface area (Å²) in [6, 6.07) is 7.09. The van der Waals surface area contributed by atoms with Gasteiger partial charge in [0.2, 0.25) is 5.91 Å². The Bertz CT molecular complexity index is 586. The van der Waals surface area contributed by atoms with Crippen molar-refractivity contribution in [1.29, 1.82) is 0 Å². The number of Topliss-reactive ketones (excluding diaryl/α,β-unsaturated/α-hetero) is 1. The van der Waals surface area contributed by atoms with Gasteiger partial charge in [0.25, 0.3) is 5.91 Å². The van der Waals surface area contributed by atoms with Crippen LogP contribution >= 0.6 is 11.8 Å². The molecule has 1 rings (SSSR count). The Hall–Kier alpha value is -2.35. The number of carbonyl (C=O) groups is 4. The van der Waals surface area contributed by atoms with E-state index < -0.39 is 24.4 Å². The van der Waals surface area contributed by atoms with E-state index in [4.69, 9.17) is 4.74 Å². The van der Waals surface area contributed by atoms with E-state index in [-0.39, 0.29) is 18.6 Å². The molecule has 1 aromatic carbocycles. The largest absolute Gasteiger partial charge is 0.455 e. The second-order valence-electron chi connectivity index (χ2n) is 4.54. The maximum atomic E-state index is 11.9. The van der Waals surface area contributed by atoms with Crippen molar-refractivity contribution in [3.8, 4) is 0 Å². The molecule has 2 N–H and O–H groups in total. The first-order chi connectivity index (χ1) is 10.9. The van der Waals surface area contributed by atoms with E-state index in [1.165, 1.54) is 6.92 Å². The zero-order chi connectivity index (χ0) is 17.2. The van der Waals surface area contributed by atoms with Crippen molar-refractivity contribution in [3.05, 3.63) is 29.8 Å². The second-order valence-corrected chi connectivity index (χ2v) is 5.42. The minimum Gasteiger partial charge on any atom is -0.455 e. The van der Waals surface area contributed by atoms with Crippen LogP contribution in [-0.2, 0) is 19.1 Å². The second kappa shape index (κ2) is 9.62. The van der Waals surface area contributed by atoms with Crippen LogP contribution in [0.1, 0.15) is 30.1 Å².